The number of ether oxygens (including phenoxy) is 1. The Morgan fingerprint density at radius 1 is 1.13 bits per heavy atom. The van der Waals surface area contributed by atoms with Crippen molar-refractivity contribution in [1.82, 2.24) is 9.21 Å². The van der Waals surface area contributed by atoms with E-state index in [1.807, 2.05) is 0 Å². The fourth-order valence-corrected chi connectivity index (χ4v) is 3.87. The standard InChI is InChI=1S/C14H17BrN2O5S/c1-11(18)22-10-14(19)16-6-8-17(9-7-16)23(20,21)13-4-2-12(15)3-5-13/h2-5H,6-10H2,1H3. The maximum Gasteiger partial charge on any atom is 0.303 e. The Labute approximate surface area is 143 Å². The van der Waals surface area contributed by atoms with E-state index in [4.69, 9.17) is 0 Å². The minimum Gasteiger partial charge on any atom is -0.456 e. The zero-order valence-corrected chi connectivity index (χ0v) is 15.0. The second kappa shape index (κ2) is 7.41. The number of rotatable bonds is 4. The molecule has 0 spiro atoms. The first-order chi connectivity index (χ1) is 10.8. The van der Waals surface area contributed by atoms with Gasteiger partial charge in [-0.3, -0.25) is 9.59 Å². The van der Waals surface area contributed by atoms with Gasteiger partial charge in [-0.1, -0.05) is 15.9 Å². The first-order valence-electron chi connectivity index (χ1n) is 6.97. The van der Waals surface area contributed by atoms with E-state index in [9.17, 15) is 18.0 Å². The highest BCUT2D eigenvalue weighted by molar-refractivity contribution is 9.10. The average Bonchev–Trinajstić information content (AvgIpc) is 2.53. The van der Waals surface area contributed by atoms with Crippen LogP contribution in [-0.2, 0) is 24.3 Å². The van der Waals surface area contributed by atoms with Crippen LogP contribution in [0.5, 0.6) is 0 Å². The van der Waals surface area contributed by atoms with Crippen LogP contribution in [0.15, 0.2) is 33.6 Å². The van der Waals surface area contributed by atoms with Crippen molar-refractivity contribution in [3.63, 3.8) is 0 Å². The predicted molar refractivity (Wildman–Crippen MR) is 86.1 cm³/mol. The predicted octanol–water partition coefficient (Wildman–Crippen LogP) is 0.845. The molecule has 2 rings (SSSR count). The van der Waals surface area contributed by atoms with E-state index in [-0.39, 0.29) is 43.6 Å². The van der Waals surface area contributed by atoms with Crippen LogP contribution in [0, 0.1) is 0 Å². The number of hydrogen-bond acceptors (Lipinski definition) is 5. The van der Waals surface area contributed by atoms with Crippen LogP contribution in [0.4, 0.5) is 0 Å². The second-order valence-corrected chi connectivity index (χ2v) is 7.87. The van der Waals surface area contributed by atoms with Gasteiger partial charge >= 0.3 is 5.97 Å². The molecule has 1 aliphatic rings. The van der Waals surface area contributed by atoms with Crippen LogP contribution < -0.4 is 0 Å². The number of nitrogens with zero attached hydrogens (tertiary/aromatic N) is 2. The summed E-state index contributed by atoms with van der Waals surface area (Å²) in [4.78, 5) is 24.3. The maximum atomic E-state index is 12.5. The Bertz CT molecular complexity index is 682. The lowest BCUT2D eigenvalue weighted by molar-refractivity contribution is -0.150. The Morgan fingerprint density at radius 3 is 2.22 bits per heavy atom. The summed E-state index contributed by atoms with van der Waals surface area (Å²) >= 11 is 3.27. The van der Waals surface area contributed by atoms with Crippen LogP contribution >= 0.6 is 15.9 Å². The SMILES string of the molecule is CC(=O)OCC(=O)N1CCN(S(=O)(=O)c2ccc(Br)cc2)CC1. The maximum absolute atomic E-state index is 12.5. The molecule has 7 nitrogen and oxygen atoms in total. The summed E-state index contributed by atoms with van der Waals surface area (Å²) in [5.41, 5.74) is 0. The summed E-state index contributed by atoms with van der Waals surface area (Å²) in [6.45, 7) is 1.89. The molecule has 0 radical (unpaired) electrons. The normalized spacial score (nSPS) is 16.2. The van der Waals surface area contributed by atoms with Gasteiger partial charge in [-0.25, -0.2) is 8.42 Å². The van der Waals surface area contributed by atoms with Crippen molar-refractivity contribution < 1.29 is 22.7 Å². The van der Waals surface area contributed by atoms with E-state index >= 15 is 0 Å². The molecule has 1 aromatic rings. The summed E-state index contributed by atoms with van der Waals surface area (Å²) in [6.07, 6.45) is 0. The van der Waals surface area contributed by atoms with Gasteiger partial charge in [0.25, 0.3) is 5.91 Å². The molecule has 0 N–H and O–H groups in total. The highest BCUT2D eigenvalue weighted by Gasteiger charge is 2.30. The molecule has 1 aromatic carbocycles. The van der Waals surface area contributed by atoms with Gasteiger partial charge in [0.1, 0.15) is 0 Å². The number of carbonyl (C=O) groups is 2. The molecule has 0 saturated carbocycles. The van der Waals surface area contributed by atoms with Gasteiger partial charge in [-0.2, -0.15) is 4.31 Å². The van der Waals surface area contributed by atoms with Crippen molar-refractivity contribution in [2.75, 3.05) is 32.8 Å². The fraction of sp³-hybridized carbons (Fsp3) is 0.429. The number of carbonyl (C=O) groups excluding carboxylic acids is 2. The molecule has 23 heavy (non-hydrogen) atoms. The first kappa shape index (κ1) is 17.9. The topological polar surface area (TPSA) is 84.0 Å². The van der Waals surface area contributed by atoms with Crippen molar-refractivity contribution >= 4 is 37.8 Å². The molecule has 0 bridgehead atoms. The third kappa shape index (κ3) is 4.52. The summed E-state index contributed by atoms with van der Waals surface area (Å²) in [5, 5.41) is 0. The fourth-order valence-electron chi connectivity index (χ4n) is 2.19. The first-order valence-corrected chi connectivity index (χ1v) is 9.21. The molecule has 9 heteroatoms. The highest BCUT2D eigenvalue weighted by Crippen LogP contribution is 2.20. The number of halogens is 1. The molecule has 0 aliphatic carbocycles. The number of sulfonamides is 1. The van der Waals surface area contributed by atoms with Crippen molar-refractivity contribution in [1.29, 1.82) is 0 Å². The Kier molecular flexibility index (Phi) is 5.77. The van der Waals surface area contributed by atoms with Crippen molar-refractivity contribution in [2.24, 2.45) is 0 Å². The van der Waals surface area contributed by atoms with Crippen molar-refractivity contribution in [3.8, 4) is 0 Å². The van der Waals surface area contributed by atoms with Gasteiger partial charge in [0.15, 0.2) is 6.61 Å². The van der Waals surface area contributed by atoms with E-state index in [0.29, 0.717) is 0 Å². The number of amides is 1. The lowest BCUT2D eigenvalue weighted by atomic mass is 10.3. The molecule has 0 aromatic heterocycles. The van der Waals surface area contributed by atoms with Gasteiger partial charge in [-0.05, 0) is 24.3 Å². The summed E-state index contributed by atoms with van der Waals surface area (Å²) in [5.74, 6) is -0.837. The molecular weight excluding hydrogens is 388 g/mol. The number of piperazine rings is 1. The molecule has 1 aliphatic heterocycles. The molecular formula is C14H17BrN2O5S. The molecule has 1 amide bonds. The van der Waals surface area contributed by atoms with E-state index in [1.54, 1.807) is 12.1 Å². The zero-order chi connectivity index (χ0) is 17.0. The smallest absolute Gasteiger partial charge is 0.303 e. The molecule has 126 valence electrons. The number of hydrogen-bond donors (Lipinski definition) is 0. The van der Waals surface area contributed by atoms with E-state index in [1.165, 1.54) is 28.3 Å². The third-order valence-electron chi connectivity index (χ3n) is 3.44. The van der Waals surface area contributed by atoms with Gasteiger partial charge < -0.3 is 9.64 Å². The van der Waals surface area contributed by atoms with E-state index in [2.05, 4.69) is 20.7 Å². The zero-order valence-electron chi connectivity index (χ0n) is 12.6. The highest BCUT2D eigenvalue weighted by atomic mass is 79.9. The lowest BCUT2D eigenvalue weighted by Gasteiger charge is -2.33. The van der Waals surface area contributed by atoms with Crippen LogP contribution in [-0.4, -0.2) is 62.3 Å². The minimum absolute atomic E-state index is 0.213. The molecule has 1 saturated heterocycles. The van der Waals surface area contributed by atoms with Crippen LogP contribution in [0.3, 0.4) is 0 Å². The monoisotopic (exact) mass is 404 g/mol. The molecule has 0 unspecified atom stereocenters. The summed E-state index contributed by atoms with van der Waals surface area (Å²) < 4.78 is 31.9. The number of esters is 1. The van der Waals surface area contributed by atoms with Gasteiger partial charge in [0, 0.05) is 37.6 Å². The Morgan fingerprint density at radius 2 is 1.70 bits per heavy atom. The van der Waals surface area contributed by atoms with Gasteiger partial charge in [0.05, 0.1) is 4.90 Å². The van der Waals surface area contributed by atoms with Crippen LogP contribution in [0.25, 0.3) is 0 Å². The Hall–Kier alpha value is -1.45. The summed E-state index contributed by atoms with van der Waals surface area (Å²) in [7, 11) is -3.56. The van der Waals surface area contributed by atoms with E-state index in [0.717, 1.165) is 4.47 Å². The molecule has 1 fully saturated rings. The molecule has 1 heterocycles. The average molecular weight is 405 g/mol. The lowest BCUT2D eigenvalue weighted by Crippen LogP contribution is -2.51. The summed E-state index contributed by atoms with van der Waals surface area (Å²) in [6, 6.07) is 6.42. The van der Waals surface area contributed by atoms with Gasteiger partial charge in [-0.15, -0.1) is 0 Å². The third-order valence-corrected chi connectivity index (χ3v) is 5.88. The number of benzene rings is 1. The minimum atomic E-state index is -3.56. The Balaban J connectivity index is 1.97. The van der Waals surface area contributed by atoms with Crippen LogP contribution in [0.1, 0.15) is 6.92 Å². The van der Waals surface area contributed by atoms with E-state index < -0.39 is 16.0 Å². The van der Waals surface area contributed by atoms with Crippen LogP contribution in [0.2, 0.25) is 0 Å². The largest absolute Gasteiger partial charge is 0.456 e. The van der Waals surface area contributed by atoms with Crippen molar-refractivity contribution in [2.45, 2.75) is 11.8 Å². The quantitative estimate of drug-likeness (QED) is 0.694. The van der Waals surface area contributed by atoms with Gasteiger partial charge in [0.2, 0.25) is 10.0 Å². The molecule has 0 atom stereocenters. The second-order valence-electron chi connectivity index (χ2n) is 5.02. The van der Waals surface area contributed by atoms with Crippen molar-refractivity contribution in [3.05, 3.63) is 28.7 Å².